The minimum atomic E-state index is -0.192. The lowest BCUT2D eigenvalue weighted by Gasteiger charge is -2.25. The lowest BCUT2D eigenvalue weighted by atomic mass is 9.98. The molecular formula is C30H30N4O3. The van der Waals surface area contributed by atoms with Gasteiger partial charge in [0, 0.05) is 42.4 Å². The lowest BCUT2D eigenvalue weighted by molar-refractivity contribution is 0.0767. The summed E-state index contributed by atoms with van der Waals surface area (Å²) in [5.74, 6) is 0.420. The van der Waals surface area contributed by atoms with Crippen molar-refractivity contribution in [1.29, 1.82) is 0 Å². The molecule has 0 aliphatic carbocycles. The zero-order valence-electron chi connectivity index (χ0n) is 21.3. The fourth-order valence-corrected chi connectivity index (χ4v) is 4.93. The standard InChI is InChI=1S/C30H30N4O3/c1-20-15-21(2)34(32-20)27-16-23(13-14-28(27)37-3)29(35)31-17-25(22-9-5-4-6-10-22)19-33-18-24-11-7-8-12-26(24)30(33)36/h4-16,25H,17-19H2,1-3H3,(H,31,35). The quantitative estimate of drug-likeness (QED) is 0.386. The molecule has 1 atom stereocenters. The predicted octanol–water partition coefficient (Wildman–Crippen LogP) is 4.67. The maximum Gasteiger partial charge on any atom is 0.254 e. The summed E-state index contributed by atoms with van der Waals surface area (Å²) in [6, 6.07) is 25.0. The molecular weight excluding hydrogens is 464 g/mol. The summed E-state index contributed by atoms with van der Waals surface area (Å²) in [6.45, 7) is 5.38. The maximum atomic E-state index is 13.3. The first-order valence-corrected chi connectivity index (χ1v) is 12.4. The van der Waals surface area contributed by atoms with Crippen LogP contribution in [0.15, 0.2) is 78.9 Å². The molecule has 0 radical (unpaired) electrons. The van der Waals surface area contributed by atoms with Crippen LogP contribution in [0, 0.1) is 13.8 Å². The van der Waals surface area contributed by atoms with E-state index in [9.17, 15) is 9.59 Å². The average molecular weight is 495 g/mol. The van der Waals surface area contributed by atoms with Gasteiger partial charge >= 0.3 is 0 Å². The summed E-state index contributed by atoms with van der Waals surface area (Å²) >= 11 is 0. The molecule has 4 aromatic rings. The fraction of sp³-hybridized carbons (Fsp3) is 0.233. The number of hydrogen-bond donors (Lipinski definition) is 1. The van der Waals surface area contributed by atoms with Crippen LogP contribution >= 0.6 is 0 Å². The third-order valence-electron chi connectivity index (χ3n) is 6.80. The van der Waals surface area contributed by atoms with Crippen molar-refractivity contribution in [1.82, 2.24) is 20.0 Å². The van der Waals surface area contributed by atoms with Crippen LogP contribution in [-0.4, -0.2) is 46.7 Å². The predicted molar refractivity (Wildman–Crippen MR) is 142 cm³/mol. The van der Waals surface area contributed by atoms with E-state index in [1.807, 2.05) is 79.4 Å². The number of aromatic nitrogens is 2. The van der Waals surface area contributed by atoms with Crippen LogP contribution in [0.4, 0.5) is 0 Å². The van der Waals surface area contributed by atoms with E-state index in [-0.39, 0.29) is 17.7 Å². The number of aryl methyl sites for hydroxylation is 2. The number of fused-ring (bicyclic) bond motifs is 1. The number of rotatable bonds is 8. The molecule has 3 aromatic carbocycles. The van der Waals surface area contributed by atoms with Gasteiger partial charge in [-0.1, -0.05) is 48.5 Å². The van der Waals surface area contributed by atoms with Gasteiger partial charge in [0.1, 0.15) is 11.4 Å². The number of benzene rings is 3. The summed E-state index contributed by atoms with van der Waals surface area (Å²) in [6.07, 6.45) is 0. The van der Waals surface area contributed by atoms with E-state index in [1.54, 1.807) is 30.0 Å². The molecule has 0 saturated heterocycles. The van der Waals surface area contributed by atoms with E-state index in [0.29, 0.717) is 36.6 Å². The molecule has 2 amide bonds. The molecule has 7 heteroatoms. The highest BCUT2D eigenvalue weighted by atomic mass is 16.5. The minimum absolute atomic E-state index is 0.0348. The molecule has 1 aromatic heterocycles. The van der Waals surface area contributed by atoms with Crippen LogP contribution in [-0.2, 0) is 6.54 Å². The van der Waals surface area contributed by atoms with E-state index in [2.05, 4.69) is 10.4 Å². The first-order valence-electron chi connectivity index (χ1n) is 12.4. The van der Waals surface area contributed by atoms with E-state index in [4.69, 9.17) is 4.74 Å². The highest BCUT2D eigenvalue weighted by Crippen LogP contribution is 2.27. The van der Waals surface area contributed by atoms with Gasteiger partial charge in [-0.2, -0.15) is 5.10 Å². The zero-order chi connectivity index (χ0) is 25.9. The monoisotopic (exact) mass is 494 g/mol. The molecule has 1 aliphatic rings. The SMILES string of the molecule is COc1ccc(C(=O)NCC(CN2Cc3ccccc3C2=O)c2ccccc2)cc1-n1nc(C)cc1C. The Balaban J connectivity index is 1.35. The molecule has 37 heavy (non-hydrogen) atoms. The molecule has 5 rings (SSSR count). The Bertz CT molecular complexity index is 1440. The van der Waals surface area contributed by atoms with Crippen molar-refractivity contribution in [3.05, 3.63) is 113 Å². The minimum Gasteiger partial charge on any atom is -0.494 e. The average Bonchev–Trinajstić information content (AvgIpc) is 3.43. The molecule has 0 bridgehead atoms. The van der Waals surface area contributed by atoms with E-state index in [1.165, 1.54) is 0 Å². The highest BCUT2D eigenvalue weighted by molar-refractivity contribution is 5.98. The van der Waals surface area contributed by atoms with Crippen LogP contribution in [0.2, 0.25) is 0 Å². The summed E-state index contributed by atoms with van der Waals surface area (Å²) in [5.41, 5.74) is 5.93. The highest BCUT2D eigenvalue weighted by Gasteiger charge is 2.29. The molecule has 0 fully saturated rings. The summed E-state index contributed by atoms with van der Waals surface area (Å²) in [5, 5.41) is 7.65. The van der Waals surface area contributed by atoms with Crippen molar-refractivity contribution in [3.63, 3.8) is 0 Å². The number of nitrogens with one attached hydrogen (secondary N) is 1. The zero-order valence-corrected chi connectivity index (χ0v) is 21.3. The van der Waals surface area contributed by atoms with Gasteiger partial charge in [-0.25, -0.2) is 4.68 Å². The van der Waals surface area contributed by atoms with Crippen molar-refractivity contribution in [2.24, 2.45) is 0 Å². The van der Waals surface area contributed by atoms with Crippen LogP contribution in [0.3, 0.4) is 0 Å². The lowest BCUT2D eigenvalue weighted by Crippen LogP contribution is -2.36. The second-order valence-electron chi connectivity index (χ2n) is 9.39. The molecule has 188 valence electrons. The summed E-state index contributed by atoms with van der Waals surface area (Å²) in [7, 11) is 1.60. The van der Waals surface area contributed by atoms with Gasteiger partial charge in [0.05, 0.1) is 12.8 Å². The molecule has 7 nitrogen and oxygen atoms in total. The van der Waals surface area contributed by atoms with Crippen LogP contribution in [0.5, 0.6) is 5.75 Å². The number of amides is 2. The molecule has 1 unspecified atom stereocenters. The number of carbonyl (C=O) groups is 2. The molecule has 0 spiro atoms. The van der Waals surface area contributed by atoms with Crippen molar-refractivity contribution < 1.29 is 14.3 Å². The van der Waals surface area contributed by atoms with Crippen LogP contribution in [0.1, 0.15) is 49.1 Å². The molecule has 1 aliphatic heterocycles. The fourth-order valence-electron chi connectivity index (χ4n) is 4.93. The van der Waals surface area contributed by atoms with Crippen molar-refractivity contribution in [2.45, 2.75) is 26.3 Å². The Morgan fingerprint density at radius 3 is 2.49 bits per heavy atom. The number of ether oxygens (including phenoxy) is 1. The van der Waals surface area contributed by atoms with Gasteiger partial charge in [0.15, 0.2) is 0 Å². The van der Waals surface area contributed by atoms with Gasteiger partial charge in [-0.05, 0) is 55.3 Å². The van der Waals surface area contributed by atoms with Gasteiger partial charge in [0.2, 0.25) is 0 Å². The van der Waals surface area contributed by atoms with Crippen molar-refractivity contribution in [2.75, 3.05) is 20.2 Å². The molecule has 0 saturated carbocycles. The number of hydrogen-bond acceptors (Lipinski definition) is 4. The first kappa shape index (κ1) is 24.3. The van der Waals surface area contributed by atoms with Gasteiger partial charge < -0.3 is 15.0 Å². The Morgan fingerprint density at radius 1 is 1.03 bits per heavy atom. The smallest absolute Gasteiger partial charge is 0.254 e. The van der Waals surface area contributed by atoms with Crippen LogP contribution < -0.4 is 10.1 Å². The van der Waals surface area contributed by atoms with Crippen molar-refractivity contribution in [3.8, 4) is 11.4 Å². The van der Waals surface area contributed by atoms with Gasteiger partial charge in [0.25, 0.3) is 11.8 Å². The first-order chi connectivity index (χ1) is 17.9. The second-order valence-corrected chi connectivity index (χ2v) is 9.39. The topological polar surface area (TPSA) is 76.5 Å². The van der Waals surface area contributed by atoms with Crippen molar-refractivity contribution >= 4 is 11.8 Å². The third-order valence-corrected chi connectivity index (χ3v) is 6.80. The normalized spacial score (nSPS) is 13.4. The Hall–Kier alpha value is -4.39. The largest absolute Gasteiger partial charge is 0.494 e. The van der Waals surface area contributed by atoms with E-state index in [0.717, 1.165) is 28.1 Å². The van der Waals surface area contributed by atoms with Gasteiger partial charge in [-0.3, -0.25) is 9.59 Å². The second kappa shape index (κ2) is 10.3. The van der Waals surface area contributed by atoms with Crippen LogP contribution in [0.25, 0.3) is 5.69 Å². The Morgan fingerprint density at radius 2 is 1.78 bits per heavy atom. The summed E-state index contributed by atoms with van der Waals surface area (Å²) in [4.78, 5) is 28.1. The molecule has 1 N–H and O–H groups in total. The van der Waals surface area contributed by atoms with E-state index >= 15 is 0 Å². The third kappa shape index (κ3) is 4.98. The van der Waals surface area contributed by atoms with Gasteiger partial charge in [-0.15, -0.1) is 0 Å². The number of carbonyl (C=O) groups excluding carboxylic acids is 2. The molecule has 2 heterocycles. The Kier molecular flexibility index (Phi) is 6.77. The van der Waals surface area contributed by atoms with E-state index < -0.39 is 0 Å². The summed E-state index contributed by atoms with van der Waals surface area (Å²) < 4.78 is 7.32. The Labute approximate surface area is 216 Å². The maximum absolute atomic E-state index is 13.3. The number of nitrogens with zero attached hydrogens (tertiary/aromatic N) is 3. The number of methoxy groups -OCH3 is 1.